The third-order valence-corrected chi connectivity index (χ3v) is 3.72. The van der Waals surface area contributed by atoms with Crippen molar-refractivity contribution in [3.63, 3.8) is 0 Å². The number of aryl methyl sites for hydroxylation is 1. The van der Waals surface area contributed by atoms with Gasteiger partial charge in [-0.25, -0.2) is 9.59 Å². The number of benzene rings is 1. The van der Waals surface area contributed by atoms with Gasteiger partial charge in [-0.3, -0.25) is 0 Å². The molecule has 0 fully saturated rings. The average Bonchev–Trinajstić information content (AvgIpc) is 2.56. The molecule has 1 rings (SSSR count). The number of carbonyl (C=O) groups is 2. The number of ether oxygens (including phenoxy) is 2. The van der Waals surface area contributed by atoms with Crippen LogP contribution in [0.5, 0.6) is 0 Å². The minimum atomic E-state index is -0.394. The first kappa shape index (κ1) is 18.2. The van der Waals surface area contributed by atoms with Gasteiger partial charge in [0.15, 0.2) is 0 Å². The third-order valence-electron chi connectivity index (χ3n) is 3.72. The van der Waals surface area contributed by atoms with Crippen LogP contribution in [0, 0.1) is 0 Å². The first-order valence-electron chi connectivity index (χ1n) is 7.91. The number of hydrogen-bond donors (Lipinski definition) is 0. The molecule has 1 aromatic rings. The van der Waals surface area contributed by atoms with Crippen molar-refractivity contribution in [2.75, 3.05) is 14.2 Å². The van der Waals surface area contributed by atoms with Crippen LogP contribution >= 0.6 is 0 Å². The summed E-state index contributed by atoms with van der Waals surface area (Å²) in [6.45, 7) is 4.18. The van der Waals surface area contributed by atoms with Gasteiger partial charge < -0.3 is 9.47 Å². The summed E-state index contributed by atoms with van der Waals surface area (Å²) in [6, 6.07) is 3.72. The molecule has 122 valence electrons. The van der Waals surface area contributed by atoms with E-state index in [9.17, 15) is 9.59 Å². The van der Waals surface area contributed by atoms with Crippen LogP contribution in [0.25, 0.3) is 0 Å². The summed E-state index contributed by atoms with van der Waals surface area (Å²) < 4.78 is 9.79. The van der Waals surface area contributed by atoms with Gasteiger partial charge in [-0.15, -0.1) is 0 Å². The topological polar surface area (TPSA) is 52.6 Å². The molecule has 0 amide bonds. The Kier molecular flexibility index (Phi) is 7.64. The molecule has 0 atom stereocenters. The second-order valence-electron chi connectivity index (χ2n) is 5.36. The molecule has 0 radical (unpaired) electrons. The fourth-order valence-electron chi connectivity index (χ4n) is 2.46. The van der Waals surface area contributed by atoms with E-state index in [0.717, 1.165) is 43.2 Å². The van der Waals surface area contributed by atoms with Crippen molar-refractivity contribution >= 4 is 11.9 Å². The van der Waals surface area contributed by atoms with Gasteiger partial charge in [-0.1, -0.05) is 26.7 Å². The van der Waals surface area contributed by atoms with Gasteiger partial charge in [-0.2, -0.15) is 0 Å². The molecular weight excluding hydrogens is 280 g/mol. The summed E-state index contributed by atoms with van der Waals surface area (Å²) in [5.74, 6) is -0.788. The second kappa shape index (κ2) is 9.23. The molecule has 0 saturated carbocycles. The van der Waals surface area contributed by atoms with Crippen LogP contribution < -0.4 is 0 Å². The molecule has 0 aromatic heterocycles. The van der Waals surface area contributed by atoms with E-state index in [1.54, 1.807) is 0 Å². The molecular formula is C18H26O4. The molecule has 4 heteroatoms. The highest BCUT2D eigenvalue weighted by Gasteiger charge is 2.21. The van der Waals surface area contributed by atoms with Gasteiger partial charge in [0.25, 0.3) is 0 Å². The van der Waals surface area contributed by atoms with Gasteiger partial charge in [0, 0.05) is 0 Å². The molecule has 1 aromatic carbocycles. The maximum absolute atomic E-state index is 12.1. The maximum atomic E-state index is 12.1. The SMILES string of the molecule is CCCCc1cc(C(=O)OC)c(CCCC)c(C(=O)OC)c1. The smallest absolute Gasteiger partial charge is 0.338 e. The largest absolute Gasteiger partial charge is 0.465 e. The van der Waals surface area contributed by atoms with Crippen molar-refractivity contribution in [2.24, 2.45) is 0 Å². The lowest BCUT2D eigenvalue weighted by Gasteiger charge is -2.15. The van der Waals surface area contributed by atoms with Crippen LogP contribution in [0.3, 0.4) is 0 Å². The molecule has 0 aliphatic heterocycles. The monoisotopic (exact) mass is 306 g/mol. The van der Waals surface area contributed by atoms with E-state index in [0.29, 0.717) is 17.5 Å². The zero-order valence-corrected chi connectivity index (χ0v) is 14.0. The van der Waals surface area contributed by atoms with Crippen LogP contribution in [0.4, 0.5) is 0 Å². The molecule has 0 saturated heterocycles. The Morgan fingerprint density at radius 3 is 1.73 bits per heavy atom. The minimum Gasteiger partial charge on any atom is -0.465 e. The van der Waals surface area contributed by atoms with Gasteiger partial charge in [0.2, 0.25) is 0 Å². The zero-order chi connectivity index (χ0) is 16.5. The van der Waals surface area contributed by atoms with Crippen molar-refractivity contribution < 1.29 is 19.1 Å². The Morgan fingerprint density at radius 1 is 0.864 bits per heavy atom. The van der Waals surface area contributed by atoms with Crippen molar-refractivity contribution in [1.29, 1.82) is 0 Å². The zero-order valence-electron chi connectivity index (χ0n) is 14.0. The molecule has 0 bridgehead atoms. The van der Waals surface area contributed by atoms with Crippen molar-refractivity contribution in [3.8, 4) is 0 Å². The van der Waals surface area contributed by atoms with E-state index >= 15 is 0 Å². The number of hydrogen-bond acceptors (Lipinski definition) is 4. The first-order valence-corrected chi connectivity index (χ1v) is 7.91. The molecule has 4 nitrogen and oxygen atoms in total. The quantitative estimate of drug-likeness (QED) is 0.682. The van der Waals surface area contributed by atoms with E-state index in [4.69, 9.17) is 9.47 Å². The number of carbonyl (C=O) groups excluding carboxylic acids is 2. The van der Waals surface area contributed by atoms with E-state index in [1.165, 1.54) is 14.2 Å². The predicted octanol–water partition coefficient (Wildman–Crippen LogP) is 3.95. The summed E-state index contributed by atoms with van der Waals surface area (Å²) in [4.78, 5) is 24.2. The fourth-order valence-corrected chi connectivity index (χ4v) is 2.46. The average molecular weight is 306 g/mol. The molecule has 0 aliphatic carbocycles. The van der Waals surface area contributed by atoms with Gasteiger partial charge in [-0.05, 0) is 48.9 Å². The van der Waals surface area contributed by atoms with E-state index in [1.807, 2.05) is 12.1 Å². The Morgan fingerprint density at radius 2 is 1.32 bits per heavy atom. The van der Waals surface area contributed by atoms with Crippen LogP contribution in [-0.2, 0) is 22.3 Å². The molecule has 0 N–H and O–H groups in total. The molecule has 22 heavy (non-hydrogen) atoms. The Hall–Kier alpha value is -1.84. The number of rotatable bonds is 8. The summed E-state index contributed by atoms with van der Waals surface area (Å²) >= 11 is 0. The summed E-state index contributed by atoms with van der Waals surface area (Å²) in [5, 5.41) is 0. The number of methoxy groups -OCH3 is 2. The number of unbranched alkanes of at least 4 members (excludes halogenated alkanes) is 2. The highest BCUT2D eigenvalue weighted by atomic mass is 16.5. The Bertz CT molecular complexity index is 483. The predicted molar refractivity (Wildman–Crippen MR) is 86.3 cm³/mol. The van der Waals surface area contributed by atoms with Crippen molar-refractivity contribution in [3.05, 3.63) is 34.4 Å². The van der Waals surface area contributed by atoms with E-state index in [-0.39, 0.29) is 0 Å². The van der Waals surface area contributed by atoms with Crippen LogP contribution in [0.1, 0.15) is 71.4 Å². The van der Waals surface area contributed by atoms with Gasteiger partial charge >= 0.3 is 11.9 Å². The van der Waals surface area contributed by atoms with Gasteiger partial charge in [0.05, 0.1) is 25.3 Å². The molecule has 0 unspecified atom stereocenters. The Labute approximate surface area is 132 Å². The molecule has 0 aliphatic rings. The second-order valence-corrected chi connectivity index (χ2v) is 5.36. The third kappa shape index (κ3) is 4.58. The lowest BCUT2D eigenvalue weighted by molar-refractivity contribution is 0.0596. The maximum Gasteiger partial charge on any atom is 0.338 e. The minimum absolute atomic E-state index is 0.394. The lowest BCUT2D eigenvalue weighted by atomic mass is 9.92. The molecule has 0 heterocycles. The fraction of sp³-hybridized carbons (Fsp3) is 0.556. The lowest BCUT2D eigenvalue weighted by Crippen LogP contribution is -2.14. The standard InChI is InChI=1S/C18H26O4/c1-5-7-9-13-11-15(17(19)21-3)14(10-8-6-2)16(12-13)18(20)22-4/h11-12H,5-10H2,1-4H3. The molecule has 0 spiro atoms. The highest BCUT2D eigenvalue weighted by molar-refractivity contribution is 5.98. The van der Waals surface area contributed by atoms with Crippen LogP contribution in [0.15, 0.2) is 12.1 Å². The highest BCUT2D eigenvalue weighted by Crippen LogP contribution is 2.23. The normalized spacial score (nSPS) is 10.4. The van der Waals surface area contributed by atoms with Crippen molar-refractivity contribution in [1.82, 2.24) is 0 Å². The summed E-state index contributed by atoms with van der Waals surface area (Å²) in [6.07, 6.45) is 5.45. The van der Waals surface area contributed by atoms with Crippen LogP contribution in [-0.4, -0.2) is 26.2 Å². The van der Waals surface area contributed by atoms with E-state index < -0.39 is 11.9 Å². The summed E-state index contributed by atoms with van der Waals surface area (Å²) in [5.41, 5.74) is 2.69. The van der Waals surface area contributed by atoms with Crippen molar-refractivity contribution in [2.45, 2.75) is 52.4 Å². The number of esters is 2. The van der Waals surface area contributed by atoms with Gasteiger partial charge in [0.1, 0.15) is 0 Å². The Balaban J connectivity index is 3.39. The summed E-state index contributed by atoms with van der Waals surface area (Å²) in [7, 11) is 2.73. The van der Waals surface area contributed by atoms with Crippen LogP contribution in [0.2, 0.25) is 0 Å². The first-order chi connectivity index (χ1) is 10.6. The van der Waals surface area contributed by atoms with E-state index in [2.05, 4.69) is 13.8 Å².